The standard InChI is InChI=1S/C10H10N2O4S/c1-5-6-8(17-7(5)10(14)15)11-3-12(4-16-2)9(6)13/h3H,4H2,1-2H3,(H,14,15). The van der Waals surface area contributed by atoms with Crippen molar-refractivity contribution in [3.8, 4) is 0 Å². The van der Waals surface area contributed by atoms with Crippen molar-refractivity contribution in [3.63, 3.8) is 0 Å². The Morgan fingerprint density at radius 1 is 1.65 bits per heavy atom. The number of aryl methyl sites for hydroxylation is 1. The van der Waals surface area contributed by atoms with Gasteiger partial charge in [-0.1, -0.05) is 0 Å². The molecular formula is C10H10N2O4S. The van der Waals surface area contributed by atoms with Crippen LogP contribution in [-0.2, 0) is 11.5 Å². The number of carboxylic acid groups (broad SMARTS) is 1. The summed E-state index contributed by atoms with van der Waals surface area (Å²) < 4.78 is 6.16. The molecule has 0 aliphatic rings. The fourth-order valence-electron chi connectivity index (χ4n) is 1.59. The van der Waals surface area contributed by atoms with Gasteiger partial charge in [0.05, 0.1) is 5.39 Å². The molecule has 7 heteroatoms. The van der Waals surface area contributed by atoms with E-state index in [1.807, 2.05) is 0 Å². The summed E-state index contributed by atoms with van der Waals surface area (Å²) in [5.41, 5.74) is 0.179. The fourth-order valence-corrected chi connectivity index (χ4v) is 2.57. The fraction of sp³-hybridized carbons (Fsp3) is 0.300. The van der Waals surface area contributed by atoms with Crippen LogP contribution >= 0.6 is 11.3 Å². The van der Waals surface area contributed by atoms with Gasteiger partial charge in [-0.2, -0.15) is 0 Å². The third-order valence-electron chi connectivity index (χ3n) is 2.38. The largest absolute Gasteiger partial charge is 0.477 e. The van der Waals surface area contributed by atoms with E-state index in [2.05, 4.69) is 4.98 Å². The first-order valence-corrected chi connectivity index (χ1v) is 5.58. The number of ether oxygens (including phenoxy) is 1. The van der Waals surface area contributed by atoms with E-state index in [9.17, 15) is 9.59 Å². The third kappa shape index (κ3) is 1.83. The highest BCUT2D eigenvalue weighted by Gasteiger charge is 2.18. The highest BCUT2D eigenvalue weighted by atomic mass is 32.1. The zero-order chi connectivity index (χ0) is 12.6. The molecule has 6 nitrogen and oxygen atoms in total. The topological polar surface area (TPSA) is 81.4 Å². The van der Waals surface area contributed by atoms with Crippen molar-refractivity contribution in [2.75, 3.05) is 7.11 Å². The summed E-state index contributed by atoms with van der Waals surface area (Å²) in [5, 5.41) is 9.33. The number of aromatic carboxylic acids is 1. The third-order valence-corrected chi connectivity index (χ3v) is 3.57. The Morgan fingerprint density at radius 3 is 2.94 bits per heavy atom. The van der Waals surface area contributed by atoms with Crippen LogP contribution in [0.4, 0.5) is 0 Å². The number of nitrogens with zero attached hydrogens (tertiary/aromatic N) is 2. The van der Waals surface area contributed by atoms with Crippen molar-refractivity contribution in [1.29, 1.82) is 0 Å². The summed E-state index contributed by atoms with van der Waals surface area (Å²) in [5.74, 6) is -1.04. The quantitative estimate of drug-likeness (QED) is 0.886. The second-order valence-corrected chi connectivity index (χ2v) is 4.48. The molecule has 2 aromatic rings. The van der Waals surface area contributed by atoms with Gasteiger partial charge < -0.3 is 9.84 Å². The summed E-state index contributed by atoms with van der Waals surface area (Å²) in [7, 11) is 1.47. The van der Waals surface area contributed by atoms with Crippen LogP contribution in [0.2, 0.25) is 0 Å². The molecular weight excluding hydrogens is 244 g/mol. The average Bonchev–Trinajstić information content (AvgIpc) is 2.61. The number of aromatic nitrogens is 2. The summed E-state index contributed by atoms with van der Waals surface area (Å²) in [4.78, 5) is 27.7. The zero-order valence-corrected chi connectivity index (χ0v) is 10.1. The van der Waals surface area contributed by atoms with E-state index in [4.69, 9.17) is 9.84 Å². The van der Waals surface area contributed by atoms with E-state index < -0.39 is 5.97 Å². The second-order valence-electron chi connectivity index (χ2n) is 3.48. The highest BCUT2D eigenvalue weighted by Crippen LogP contribution is 2.26. The maximum Gasteiger partial charge on any atom is 0.346 e. The molecule has 0 saturated heterocycles. The molecule has 0 aromatic carbocycles. The van der Waals surface area contributed by atoms with Crippen molar-refractivity contribution in [2.45, 2.75) is 13.7 Å². The Hall–Kier alpha value is -1.73. The first-order chi connectivity index (χ1) is 8.06. The van der Waals surface area contributed by atoms with Crippen molar-refractivity contribution >= 4 is 27.5 Å². The van der Waals surface area contributed by atoms with Gasteiger partial charge >= 0.3 is 5.97 Å². The number of fused-ring (bicyclic) bond motifs is 1. The van der Waals surface area contributed by atoms with Crippen molar-refractivity contribution in [3.05, 3.63) is 27.1 Å². The van der Waals surface area contributed by atoms with Gasteiger partial charge in [-0.05, 0) is 12.5 Å². The molecule has 0 aliphatic heterocycles. The minimum atomic E-state index is -1.04. The summed E-state index contributed by atoms with van der Waals surface area (Å²) in [6, 6.07) is 0. The molecule has 0 spiro atoms. The molecule has 2 rings (SSSR count). The summed E-state index contributed by atoms with van der Waals surface area (Å²) in [6.45, 7) is 1.71. The second kappa shape index (κ2) is 4.27. The predicted molar refractivity (Wildman–Crippen MR) is 62.6 cm³/mol. The summed E-state index contributed by atoms with van der Waals surface area (Å²) >= 11 is 1.01. The number of carboxylic acids is 1. The van der Waals surface area contributed by atoms with Gasteiger partial charge in [0.1, 0.15) is 22.8 Å². The minimum absolute atomic E-state index is 0.0967. The molecule has 1 N–H and O–H groups in total. The Bertz CT molecular complexity index is 644. The van der Waals surface area contributed by atoms with Crippen molar-refractivity contribution in [2.24, 2.45) is 0 Å². The van der Waals surface area contributed by atoms with Gasteiger partial charge in [0, 0.05) is 7.11 Å². The first kappa shape index (κ1) is 11.7. The average molecular weight is 254 g/mol. The molecule has 0 saturated carbocycles. The monoisotopic (exact) mass is 254 g/mol. The van der Waals surface area contributed by atoms with Crippen LogP contribution in [0.3, 0.4) is 0 Å². The number of hydrogen-bond donors (Lipinski definition) is 1. The number of carbonyl (C=O) groups is 1. The van der Waals surface area contributed by atoms with E-state index in [-0.39, 0.29) is 17.2 Å². The van der Waals surface area contributed by atoms with Gasteiger partial charge in [0.15, 0.2) is 0 Å². The SMILES string of the molecule is COCn1cnc2sc(C(=O)O)c(C)c2c1=O. The molecule has 0 amide bonds. The maximum atomic E-state index is 12.0. The lowest BCUT2D eigenvalue weighted by Gasteiger charge is -2.02. The van der Waals surface area contributed by atoms with E-state index in [0.29, 0.717) is 15.8 Å². The van der Waals surface area contributed by atoms with Crippen LogP contribution in [0, 0.1) is 6.92 Å². The lowest BCUT2D eigenvalue weighted by atomic mass is 10.2. The van der Waals surface area contributed by atoms with Crippen LogP contribution in [0.15, 0.2) is 11.1 Å². The lowest BCUT2D eigenvalue weighted by Crippen LogP contribution is -2.21. The smallest absolute Gasteiger partial charge is 0.346 e. The molecule has 0 unspecified atom stereocenters. The predicted octanol–water partition coefficient (Wildman–Crippen LogP) is 1.07. The van der Waals surface area contributed by atoms with Crippen LogP contribution in [0.25, 0.3) is 10.2 Å². The van der Waals surface area contributed by atoms with Gasteiger partial charge in [0.25, 0.3) is 5.56 Å². The van der Waals surface area contributed by atoms with Crippen LogP contribution in [-0.4, -0.2) is 27.7 Å². The molecule has 0 atom stereocenters. The Morgan fingerprint density at radius 2 is 2.35 bits per heavy atom. The van der Waals surface area contributed by atoms with E-state index in [0.717, 1.165) is 11.3 Å². The van der Waals surface area contributed by atoms with Crippen LogP contribution in [0.5, 0.6) is 0 Å². The Balaban J connectivity index is 2.77. The van der Waals surface area contributed by atoms with Crippen molar-refractivity contribution < 1.29 is 14.6 Å². The molecule has 17 heavy (non-hydrogen) atoms. The molecule has 2 heterocycles. The van der Waals surface area contributed by atoms with E-state index in [1.54, 1.807) is 6.92 Å². The molecule has 2 aromatic heterocycles. The first-order valence-electron chi connectivity index (χ1n) is 4.77. The summed E-state index contributed by atoms with van der Waals surface area (Å²) in [6.07, 6.45) is 1.36. The normalized spacial score (nSPS) is 10.9. The van der Waals surface area contributed by atoms with Gasteiger partial charge in [-0.15, -0.1) is 11.3 Å². The lowest BCUT2D eigenvalue weighted by molar-refractivity contribution is 0.0701. The Labute approximate surface area is 100 Å². The number of thiophene rings is 1. The van der Waals surface area contributed by atoms with Crippen molar-refractivity contribution in [1.82, 2.24) is 9.55 Å². The van der Waals surface area contributed by atoms with E-state index >= 15 is 0 Å². The van der Waals surface area contributed by atoms with Gasteiger partial charge in [-0.25, -0.2) is 9.78 Å². The van der Waals surface area contributed by atoms with Crippen LogP contribution < -0.4 is 5.56 Å². The number of rotatable bonds is 3. The molecule has 0 bridgehead atoms. The maximum absolute atomic E-state index is 12.0. The molecule has 0 fully saturated rings. The van der Waals surface area contributed by atoms with E-state index in [1.165, 1.54) is 18.0 Å². The molecule has 90 valence electrons. The van der Waals surface area contributed by atoms with Gasteiger partial charge in [0.2, 0.25) is 0 Å². The molecule has 0 aliphatic carbocycles. The Kier molecular flexibility index (Phi) is 2.95. The van der Waals surface area contributed by atoms with Gasteiger partial charge in [-0.3, -0.25) is 9.36 Å². The number of methoxy groups -OCH3 is 1. The van der Waals surface area contributed by atoms with Crippen LogP contribution in [0.1, 0.15) is 15.2 Å². The number of hydrogen-bond acceptors (Lipinski definition) is 5. The minimum Gasteiger partial charge on any atom is -0.477 e. The zero-order valence-electron chi connectivity index (χ0n) is 9.26. The highest BCUT2D eigenvalue weighted by molar-refractivity contribution is 7.20. The molecule has 0 radical (unpaired) electrons.